The molecule has 0 unspecified atom stereocenters. The molecular weight excluding hydrogens is 198 g/mol. The molecule has 3 aromatic heterocycles. The SMILES string of the molecule is Nc1ncnn2c(-c3ncno3)cnc12. The van der Waals surface area contributed by atoms with Gasteiger partial charge in [-0.05, 0) is 0 Å². The molecule has 0 aromatic carbocycles. The average molecular weight is 203 g/mol. The lowest BCUT2D eigenvalue weighted by Crippen LogP contribution is -2.00. The number of nitrogen functional groups attached to an aromatic ring is 1. The number of hydrogen-bond acceptors (Lipinski definition) is 7. The molecular formula is C7H5N7O. The molecule has 8 nitrogen and oxygen atoms in total. The molecule has 3 rings (SSSR count). The number of nitrogens with two attached hydrogens (primary N) is 1. The fourth-order valence-corrected chi connectivity index (χ4v) is 1.27. The minimum atomic E-state index is 0.302. The zero-order valence-electron chi connectivity index (χ0n) is 7.40. The second-order valence-corrected chi connectivity index (χ2v) is 2.77. The van der Waals surface area contributed by atoms with Crippen molar-refractivity contribution in [2.75, 3.05) is 5.73 Å². The Morgan fingerprint density at radius 1 is 1.20 bits per heavy atom. The van der Waals surface area contributed by atoms with Crippen LogP contribution in [0.15, 0.2) is 23.4 Å². The zero-order chi connectivity index (χ0) is 10.3. The van der Waals surface area contributed by atoms with Crippen LogP contribution in [0.1, 0.15) is 0 Å². The number of hydrogen-bond donors (Lipinski definition) is 1. The van der Waals surface area contributed by atoms with Crippen molar-refractivity contribution in [2.45, 2.75) is 0 Å². The second kappa shape index (κ2) is 2.74. The fraction of sp³-hybridized carbons (Fsp3) is 0. The minimum Gasteiger partial charge on any atom is -0.381 e. The third-order valence-corrected chi connectivity index (χ3v) is 1.91. The average Bonchev–Trinajstić information content (AvgIpc) is 2.85. The molecule has 0 amide bonds. The van der Waals surface area contributed by atoms with Gasteiger partial charge in [0.1, 0.15) is 6.33 Å². The smallest absolute Gasteiger partial charge is 0.277 e. The number of anilines is 1. The molecule has 2 N–H and O–H groups in total. The molecule has 0 spiro atoms. The van der Waals surface area contributed by atoms with Gasteiger partial charge in [-0.15, -0.1) is 0 Å². The van der Waals surface area contributed by atoms with Crippen LogP contribution in [0, 0.1) is 0 Å². The van der Waals surface area contributed by atoms with E-state index in [0.717, 1.165) is 0 Å². The first kappa shape index (κ1) is 7.85. The van der Waals surface area contributed by atoms with Gasteiger partial charge < -0.3 is 10.3 Å². The van der Waals surface area contributed by atoms with E-state index in [-0.39, 0.29) is 0 Å². The van der Waals surface area contributed by atoms with Crippen LogP contribution in [0.25, 0.3) is 17.2 Å². The van der Waals surface area contributed by atoms with E-state index < -0.39 is 0 Å². The highest BCUT2D eigenvalue weighted by atomic mass is 16.5. The van der Waals surface area contributed by atoms with Gasteiger partial charge in [-0.25, -0.2) is 14.5 Å². The first-order chi connectivity index (χ1) is 7.36. The van der Waals surface area contributed by atoms with Crippen molar-refractivity contribution >= 4 is 11.5 Å². The van der Waals surface area contributed by atoms with Crippen LogP contribution in [0.3, 0.4) is 0 Å². The summed E-state index contributed by atoms with van der Waals surface area (Å²) in [5.74, 6) is 0.636. The maximum Gasteiger partial charge on any atom is 0.277 e. The van der Waals surface area contributed by atoms with Gasteiger partial charge in [0.25, 0.3) is 5.89 Å². The van der Waals surface area contributed by atoms with Crippen LogP contribution in [0.4, 0.5) is 5.82 Å². The van der Waals surface area contributed by atoms with E-state index in [1.54, 1.807) is 6.20 Å². The van der Waals surface area contributed by atoms with Crippen molar-refractivity contribution in [3.8, 4) is 11.6 Å². The summed E-state index contributed by atoms with van der Waals surface area (Å²) in [5, 5.41) is 7.50. The number of rotatable bonds is 1. The monoisotopic (exact) mass is 203 g/mol. The van der Waals surface area contributed by atoms with Crippen molar-refractivity contribution in [3.05, 3.63) is 18.9 Å². The lowest BCUT2D eigenvalue weighted by atomic mass is 10.5. The first-order valence-corrected chi connectivity index (χ1v) is 4.07. The van der Waals surface area contributed by atoms with Gasteiger partial charge in [0.2, 0.25) is 0 Å². The van der Waals surface area contributed by atoms with Crippen molar-refractivity contribution in [1.82, 2.24) is 29.7 Å². The van der Waals surface area contributed by atoms with Crippen molar-refractivity contribution < 1.29 is 4.52 Å². The standard InChI is InChI=1S/C7H5N7O/c8-5-6-9-1-4(7-11-3-13-15-7)14(6)12-2-10-5/h1-3H,(H2,8,10,12). The summed E-state index contributed by atoms with van der Waals surface area (Å²) in [6.07, 6.45) is 4.19. The molecule has 0 aliphatic heterocycles. The van der Waals surface area contributed by atoms with Crippen LogP contribution in [-0.2, 0) is 0 Å². The Balaban J connectivity index is 2.34. The van der Waals surface area contributed by atoms with E-state index in [1.165, 1.54) is 17.2 Å². The van der Waals surface area contributed by atoms with E-state index in [1.807, 2.05) is 0 Å². The summed E-state index contributed by atoms with van der Waals surface area (Å²) >= 11 is 0. The van der Waals surface area contributed by atoms with Gasteiger partial charge in [0, 0.05) is 0 Å². The van der Waals surface area contributed by atoms with Gasteiger partial charge in [0.05, 0.1) is 6.20 Å². The van der Waals surface area contributed by atoms with Crippen LogP contribution in [0.5, 0.6) is 0 Å². The Labute approximate surface area is 82.8 Å². The molecule has 0 saturated carbocycles. The lowest BCUT2D eigenvalue weighted by molar-refractivity contribution is 0.428. The molecule has 15 heavy (non-hydrogen) atoms. The van der Waals surface area contributed by atoms with Crippen molar-refractivity contribution in [1.29, 1.82) is 0 Å². The Morgan fingerprint density at radius 3 is 2.93 bits per heavy atom. The Hall–Kier alpha value is -2.51. The summed E-state index contributed by atoms with van der Waals surface area (Å²) in [4.78, 5) is 11.8. The normalized spacial score (nSPS) is 10.9. The predicted octanol–water partition coefficient (Wildman–Crippen LogP) is -0.244. The largest absolute Gasteiger partial charge is 0.381 e. The number of fused-ring (bicyclic) bond motifs is 1. The third-order valence-electron chi connectivity index (χ3n) is 1.91. The number of aromatic nitrogens is 6. The summed E-state index contributed by atoms with van der Waals surface area (Å²) in [7, 11) is 0. The summed E-state index contributed by atoms with van der Waals surface area (Å²) in [6.45, 7) is 0. The van der Waals surface area contributed by atoms with E-state index in [4.69, 9.17) is 10.3 Å². The van der Waals surface area contributed by atoms with Gasteiger partial charge in [-0.1, -0.05) is 5.16 Å². The van der Waals surface area contributed by atoms with Crippen LogP contribution in [0.2, 0.25) is 0 Å². The van der Waals surface area contributed by atoms with Crippen LogP contribution < -0.4 is 5.73 Å². The zero-order valence-corrected chi connectivity index (χ0v) is 7.40. The molecule has 0 radical (unpaired) electrons. The van der Waals surface area contributed by atoms with E-state index in [0.29, 0.717) is 23.0 Å². The highest BCUT2D eigenvalue weighted by molar-refractivity contribution is 5.64. The first-order valence-electron chi connectivity index (χ1n) is 4.07. The second-order valence-electron chi connectivity index (χ2n) is 2.77. The molecule has 0 saturated heterocycles. The quantitative estimate of drug-likeness (QED) is 0.581. The van der Waals surface area contributed by atoms with E-state index in [9.17, 15) is 0 Å². The Kier molecular flexibility index (Phi) is 1.43. The Morgan fingerprint density at radius 2 is 2.13 bits per heavy atom. The van der Waals surface area contributed by atoms with Crippen LogP contribution >= 0.6 is 0 Å². The maximum absolute atomic E-state index is 5.62. The predicted molar refractivity (Wildman–Crippen MR) is 48.5 cm³/mol. The Bertz CT molecular complexity index is 599. The highest BCUT2D eigenvalue weighted by Gasteiger charge is 2.13. The van der Waals surface area contributed by atoms with Crippen LogP contribution in [-0.4, -0.2) is 29.7 Å². The molecule has 8 heteroatoms. The highest BCUT2D eigenvalue weighted by Crippen LogP contribution is 2.18. The molecule has 74 valence electrons. The fourth-order valence-electron chi connectivity index (χ4n) is 1.27. The maximum atomic E-state index is 5.62. The van der Waals surface area contributed by atoms with Crippen molar-refractivity contribution in [2.24, 2.45) is 0 Å². The topological polar surface area (TPSA) is 108 Å². The third kappa shape index (κ3) is 1.04. The van der Waals surface area contributed by atoms with E-state index >= 15 is 0 Å². The van der Waals surface area contributed by atoms with Gasteiger partial charge >= 0.3 is 0 Å². The molecule has 3 aromatic rings. The molecule has 0 aliphatic rings. The van der Waals surface area contributed by atoms with Gasteiger partial charge in [-0.2, -0.15) is 10.1 Å². The minimum absolute atomic E-state index is 0.302. The molecule has 3 heterocycles. The lowest BCUT2D eigenvalue weighted by Gasteiger charge is -1.95. The molecule has 0 bridgehead atoms. The molecule has 0 aliphatic carbocycles. The number of imidazole rings is 1. The van der Waals surface area contributed by atoms with Gasteiger partial charge in [-0.3, -0.25) is 0 Å². The van der Waals surface area contributed by atoms with E-state index in [2.05, 4.69) is 25.2 Å². The molecule has 0 fully saturated rings. The summed E-state index contributed by atoms with van der Waals surface area (Å²) in [6, 6.07) is 0. The summed E-state index contributed by atoms with van der Waals surface area (Å²) in [5.41, 5.74) is 6.67. The summed E-state index contributed by atoms with van der Waals surface area (Å²) < 4.78 is 6.40. The number of nitrogens with zero attached hydrogens (tertiary/aromatic N) is 6. The van der Waals surface area contributed by atoms with Crippen molar-refractivity contribution in [3.63, 3.8) is 0 Å². The molecule has 0 atom stereocenters. The van der Waals surface area contributed by atoms with Gasteiger partial charge in [0.15, 0.2) is 23.5 Å².